The highest BCUT2D eigenvalue weighted by Crippen LogP contribution is 2.34. The molecule has 2 aliphatic heterocycles. The number of halogens is 1. The van der Waals surface area contributed by atoms with E-state index in [2.05, 4.69) is 0 Å². The highest BCUT2D eigenvalue weighted by atomic mass is 19.1. The maximum atomic E-state index is 14.3. The van der Waals surface area contributed by atoms with Crippen molar-refractivity contribution in [2.75, 3.05) is 25.5 Å². The second-order valence-corrected chi connectivity index (χ2v) is 7.05. The Balaban J connectivity index is 1.59. The molecule has 0 spiro atoms. The lowest BCUT2D eigenvalue weighted by molar-refractivity contribution is 0.0692. The third-order valence-corrected chi connectivity index (χ3v) is 5.29. The molecule has 1 amide bonds. The molecule has 0 radical (unpaired) electrons. The number of nitrogen functional groups attached to an aromatic ring is 1. The predicted octanol–water partition coefficient (Wildman–Crippen LogP) is 3.89. The van der Waals surface area contributed by atoms with E-state index < -0.39 is 0 Å². The first-order valence-corrected chi connectivity index (χ1v) is 9.52. The molecule has 1 unspecified atom stereocenters. The summed E-state index contributed by atoms with van der Waals surface area (Å²) < 4.78 is 25.4. The van der Waals surface area contributed by atoms with Crippen LogP contribution >= 0.6 is 0 Å². The van der Waals surface area contributed by atoms with Gasteiger partial charge in [0.15, 0.2) is 11.5 Å². The SMILES string of the molecule is CCC1CC(c2cc(N)ccc2F)=CCN1C(=O)c1ccc2c(c1)OCCO2. The average molecular weight is 382 g/mol. The zero-order valence-electron chi connectivity index (χ0n) is 15.8. The van der Waals surface area contributed by atoms with Gasteiger partial charge in [-0.05, 0) is 54.8 Å². The molecule has 0 aromatic heterocycles. The van der Waals surface area contributed by atoms with Gasteiger partial charge in [-0.25, -0.2) is 4.39 Å². The average Bonchev–Trinajstić information content (AvgIpc) is 2.74. The predicted molar refractivity (Wildman–Crippen MR) is 106 cm³/mol. The summed E-state index contributed by atoms with van der Waals surface area (Å²) in [6.45, 7) is 3.45. The molecule has 2 aliphatic rings. The van der Waals surface area contributed by atoms with Crippen molar-refractivity contribution in [3.8, 4) is 11.5 Å². The Kier molecular flexibility index (Phi) is 4.94. The van der Waals surface area contributed by atoms with Crippen molar-refractivity contribution in [2.24, 2.45) is 0 Å². The van der Waals surface area contributed by atoms with Gasteiger partial charge < -0.3 is 20.1 Å². The smallest absolute Gasteiger partial charge is 0.254 e. The maximum absolute atomic E-state index is 14.3. The van der Waals surface area contributed by atoms with E-state index in [0.717, 1.165) is 12.0 Å². The van der Waals surface area contributed by atoms with Gasteiger partial charge in [-0.3, -0.25) is 4.79 Å². The second kappa shape index (κ2) is 7.54. The Bertz CT molecular complexity index is 941. The molecular formula is C22H23FN2O3. The van der Waals surface area contributed by atoms with E-state index in [1.54, 1.807) is 30.3 Å². The van der Waals surface area contributed by atoms with Crippen molar-refractivity contribution in [3.05, 3.63) is 59.4 Å². The molecule has 2 heterocycles. The highest BCUT2D eigenvalue weighted by molar-refractivity contribution is 5.95. The monoisotopic (exact) mass is 382 g/mol. The Hall–Kier alpha value is -3.02. The van der Waals surface area contributed by atoms with E-state index in [0.29, 0.717) is 54.5 Å². The number of rotatable bonds is 3. The lowest BCUT2D eigenvalue weighted by Crippen LogP contribution is -2.42. The van der Waals surface area contributed by atoms with E-state index in [4.69, 9.17) is 15.2 Å². The van der Waals surface area contributed by atoms with Gasteiger partial charge in [0.05, 0.1) is 0 Å². The standard InChI is InChI=1S/C22H23FN2O3/c1-2-17-11-14(18-13-16(24)4-5-19(18)23)7-8-25(17)22(26)15-3-6-20-21(12-15)28-10-9-27-20/h3-7,12-13,17H,2,8-11,24H2,1H3. The van der Waals surface area contributed by atoms with E-state index >= 15 is 0 Å². The zero-order valence-corrected chi connectivity index (χ0v) is 15.8. The van der Waals surface area contributed by atoms with Crippen LogP contribution in [0.4, 0.5) is 10.1 Å². The number of fused-ring (bicyclic) bond motifs is 1. The van der Waals surface area contributed by atoms with Crippen LogP contribution in [0.25, 0.3) is 5.57 Å². The lowest BCUT2D eigenvalue weighted by Gasteiger charge is -2.35. The minimum atomic E-state index is -0.290. The summed E-state index contributed by atoms with van der Waals surface area (Å²) in [6, 6.07) is 9.86. The van der Waals surface area contributed by atoms with E-state index in [9.17, 15) is 9.18 Å². The Labute approximate surface area is 163 Å². The van der Waals surface area contributed by atoms with E-state index in [1.807, 2.05) is 17.9 Å². The van der Waals surface area contributed by atoms with Gasteiger partial charge in [-0.2, -0.15) is 0 Å². The normalized spacial score (nSPS) is 18.6. The Morgan fingerprint density at radius 2 is 1.96 bits per heavy atom. The van der Waals surface area contributed by atoms with Gasteiger partial charge in [0.1, 0.15) is 19.0 Å². The van der Waals surface area contributed by atoms with Crippen LogP contribution in [-0.2, 0) is 0 Å². The molecule has 2 aromatic carbocycles. The summed E-state index contributed by atoms with van der Waals surface area (Å²) in [4.78, 5) is 15.0. The second-order valence-electron chi connectivity index (χ2n) is 7.05. The van der Waals surface area contributed by atoms with Crippen molar-refractivity contribution in [1.29, 1.82) is 0 Å². The quantitative estimate of drug-likeness (QED) is 0.818. The summed E-state index contributed by atoms with van der Waals surface area (Å²) in [6.07, 6.45) is 3.28. The molecule has 0 aliphatic carbocycles. The largest absolute Gasteiger partial charge is 0.486 e. The molecule has 0 bridgehead atoms. The molecule has 1 atom stereocenters. The first-order valence-electron chi connectivity index (χ1n) is 9.52. The number of carbonyl (C=O) groups excluding carboxylic acids is 1. The number of nitrogens with zero attached hydrogens (tertiary/aromatic N) is 1. The van der Waals surface area contributed by atoms with Crippen LogP contribution in [0.2, 0.25) is 0 Å². The minimum absolute atomic E-state index is 0.0125. The summed E-state index contributed by atoms with van der Waals surface area (Å²) in [5, 5.41) is 0. The van der Waals surface area contributed by atoms with Gasteiger partial charge in [0, 0.05) is 29.4 Å². The van der Waals surface area contributed by atoms with Crippen molar-refractivity contribution >= 4 is 17.2 Å². The van der Waals surface area contributed by atoms with Gasteiger partial charge >= 0.3 is 0 Å². The third kappa shape index (κ3) is 3.42. The Morgan fingerprint density at radius 3 is 2.75 bits per heavy atom. The number of anilines is 1. The molecular weight excluding hydrogens is 359 g/mol. The van der Waals surface area contributed by atoms with Crippen molar-refractivity contribution in [1.82, 2.24) is 4.90 Å². The molecule has 2 N–H and O–H groups in total. The number of hydrogen-bond acceptors (Lipinski definition) is 4. The molecule has 0 saturated heterocycles. The molecule has 28 heavy (non-hydrogen) atoms. The Morgan fingerprint density at radius 1 is 1.18 bits per heavy atom. The topological polar surface area (TPSA) is 64.8 Å². The third-order valence-electron chi connectivity index (χ3n) is 5.29. The van der Waals surface area contributed by atoms with Crippen LogP contribution in [0.5, 0.6) is 11.5 Å². The van der Waals surface area contributed by atoms with Crippen LogP contribution in [-0.4, -0.2) is 36.6 Å². The van der Waals surface area contributed by atoms with Crippen molar-refractivity contribution in [3.63, 3.8) is 0 Å². The fourth-order valence-corrected chi connectivity index (χ4v) is 3.77. The van der Waals surface area contributed by atoms with Gasteiger partial charge in [0.25, 0.3) is 5.91 Å². The minimum Gasteiger partial charge on any atom is -0.486 e. The summed E-state index contributed by atoms with van der Waals surface area (Å²) in [7, 11) is 0. The van der Waals surface area contributed by atoms with E-state index in [-0.39, 0.29) is 17.8 Å². The molecule has 6 heteroatoms. The molecule has 146 valence electrons. The number of amides is 1. The van der Waals surface area contributed by atoms with Crippen LogP contribution < -0.4 is 15.2 Å². The number of carbonyl (C=O) groups is 1. The maximum Gasteiger partial charge on any atom is 0.254 e. The van der Waals surface area contributed by atoms with Gasteiger partial charge in [-0.15, -0.1) is 0 Å². The number of nitrogens with two attached hydrogens (primary N) is 1. The highest BCUT2D eigenvalue weighted by Gasteiger charge is 2.29. The van der Waals surface area contributed by atoms with Crippen molar-refractivity contribution in [2.45, 2.75) is 25.8 Å². The van der Waals surface area contributed by atoms with Crippen LogP contribution in [0.1, 0.15) is 35.7 Å². The number of hydrogen-bond donors (Lipinski definition) is 1. The molecule has 0 saturated carbocycles. The summed E-state index contributed by atoms with van der Waals surface area (Å²) >= 11 is 0. The number of ether oxygens (including phenoxy) is 2. The van der Waals surface area contributed by atoms with Crippen LogP contribution in [0.15, 0.2) is 42.5 Å². The number of benzene rings is 2. The fraction of sp³-hybridized carbons (Fsp3) is 0.318. The summed E-state index contributed by atoms with van der Waals surface area (Å²) in [5.74, 6) is 0.905. The molecule has 4 rings (SSSR count). The van der Waals surface area contributed by atoms with Gasteiger partial charge in [-0.1, -0.05) is 13.0 Å². The van der Waals surface area contributed by atoms with E-state index in [1.165, 1.54) is 6.07 Å². The molecule has 5 nitrogen and oxygen atoms in total. The van der Waals surface area contributed by atoms with Crippen molar-refractivity contribution < 1.29 is 18.7 Å². The fourth-order valence-electron chi connectivity index (χ4n) is 3.77. The molecule has 0 fully saturated rings. The van der Waals surface area contributed by atoms with Gasteiger partial charge in [0.2, 0.25) is 0 Å². The first-order chi connectivity index (χ1) is 13.6. The zero-order chi connectivity index (χ0) is 19.7. The van der Waals surface area contributed by atoms with Crippen LogP contribution in [0.3, 0.4) is 0 Å². The first kappa shape index (κ1) is 18.3. The lowest BCUT2D eigenvalue weighted by atomic mass is 9.91. The van der Waals surface area contributed by atoms with Crippen LogP contribution in [0, 0.1) is 5.82 Å². The molecule has 2 aromatic rings. The summed E-state index contributed by atoms with van der Waals surface area (Å²) in [5.41, 5.74) is 8.33.